The molecule has 0 bridgehead atoms. The summed E-state index contributed by atoms with van der Waals surface area (Å²) in [5.74, 6) is 3.00. The van der Waals surface area contributed by atoms with Gasteiger partial charge in [0.15, 0.2) is 11.6 Å². The predicted octanol–water partition coefficient (Wildman–Crippen LogP) is 3.58. The summed E-state index contributed by atoms with van der Waals surface area (Å²) in [6.45, 7) is 2.27. The summed E-state index contributed by atoms with van der Waals surface area (Å²) in [5, 5.41) is 12.9. The summed E-state index contributed by atoms with van der Waals surface area (Å²) in [6.07, 6.45) is 1.73. The van der Waals surface area contributed by atoms with Gasteiger partial charge in [0.1, 0.15) is 35.9 Å². The molecule has 34 heavy (non-hydrogen) atoms. The fourth-order valence-corrected chi connectivity index (χ4v) is 3.98. The van der Waals surface area contributed by atoms with Crippen molar-refractivity contribution in [3.8, 4) is 40.1 Å². The molecule has 0 N–H and O–H groups in total. The van der Waals surface area contributed by atoms with Crippen LogP contribution in [0.1, 0.15) is 17.4 Å². The molecule has 5 aromatic rings. The van der Waals surface area contributed by atoms with E-state index in [-0.39, 0.29) is 12.4 Å². The smallest absolute Gasteiger partial charge is 0.223 e. The first kappa shape index (κ1) is 20.1. The first-order valence-corrected chi connectivity index (χ1v) is 10.5. The van der Waals surface area contributed by atoms with Crippen LogP contribution < -0.4 is 9.47 Å². The van der Waals surface area contributed by atoms with Gasteiger partial charge in [0.25, 0.3) is 0 Å². The van der Waals surface area contributed by atoms with Crippen molar-refractivity contribution in [2.75, 3.05) is 7.11 Å². The third-order valence-corrected chi connectivity index (χ3v) is 5.63. The molecule has 0 saturated heterocycles. The lowest BCUT2D eigenvalue weighted by atomic mass is 10.1. The molecule has 0 aliphatic carbocycles. The van der Waals surface area contributed by atoms with Gasteiger partial charge in [0, 0.05) is 12.5 Å². The Morgan fingerprint density at radius 1 is 1.09 bits per heavy atom. The van der Waals surface area contributed by atoms with Crippen molar-refractivity contribution in [1.29, 1.82) is 0 Å². The molecule has 0 spiro atoms. The first-order chi connectivity index (χ1) is 16.6. The number of imidazole rings is 1. The Morgan fingerprint density at radius 2 is 1.91 bits per heavy atom. The lowest BCUT2D eigenvalue weighted by Crippen LogP contribution is -2.10. The van der Waals surface area contributed by atoms with Crippen molar-refractivity contribution < 1.29 is 18.4 Å². The SMILES string of the molecule is COc1ccc2c(c1)-c1nnc(COc3ccc(F)cc3)n1Cc1c(-c3noc(C)n3)ncn1-2. The fraction of sp³-hybridized carbons (Fsp3) is 0.174. The molecule has 0 unspecified atom stereocenters. The highest BCUT2D eigenvalue weighted by Gasteiger charge is 2.28. The Hall–Kier alpha value is -4.54. The average molecular weight is 459 g/mol. The Balaban J connectivity index is 1.47. The molecule has 11 heteroatoms. The van der Waals surface area contributed by atoms with Gasteiger partial charge in [-0.05, 0) is 42.5 Å². The van der Waals surface area contributed by atoms with Crippen LogP contribution in [-0.4, -0.2) is 41.6 Å². The van der Waals surface area contributed by atoms with E-state index in [0.29, 0.717) is 47.1 Å². The summed E-state index contributed by atoms with van der Waals surface area (Å²) in [4.78, 5) is 8.93. The van der Waals surface area contributed by atoms with Crippen LogP contribution in [0.2, 0.25) is 0 Å². The standard InChI is InChI=1S/C23H18FN7O3/c1-13-26-22(29-34-13)21-19-10-30-20(11-33-15-5-3-14(24)4-6-15)27-28-23(30)17-9-16(32-2)7-8-18(17)31(19)12-25-21/h3-9,12H,10-11H2,1-2H3. The third-order valence-electron chi connectivity index (χ3n) is 5.63. The number of hydrogen-bond acceptors (Lipinski definition) is 8. The third kappa shape index (κ3) is 3.29. The van der Waals surface area contributed by atoms with E-state index in [0.717, 1.165) is 16.9 Å². The van der Waals surface area contributed by atoms with Crippen LogP contribution in [0.3, 0.4) is 0 Å². The lowest BCUT2D eigenvalue weighted by Gasteiger charge is -2.10. The van der Waals surface area contributed by atoms with E-state index in [1.165, 1.54) is 12.1 Å². The van der Waals surface area contributed by atoms with Gasteiger partial charge in [-0.15, -0.1) is 10.2 Å². The summed E-state index contributed by atoms with van der Waals surface area (Å²) < 4.78 is 33.7. The number of nitrogens with zero attached hydrogens (tertiary/aromatic N) is 7. The van der Waals surface area contributed by atoms with Crippen molar-refractivity contribution >= 4 is 0 Å². The lowest BCUT2D eigenvalue weighted by molar-refractivity contribution is 0.289. The van der Waals surface area contributed by atoms with E-state index in [1.807, 2.05) is 27.3 Å². The van der Waals surface area contributed by atoms with Gasteiger partial charge in [-0.2, -0.15) is 4.98 Å². The van der Waals surface area contributed by atoms with Crippen LogP contribution in [0.5, 0.6) is 11.5 Å². The molecule has 10 nitrogen and oxygen atoms in total. The zero-order chi connectivity index (χ0) is 23.2. The highest BCUT2D eigenvalue weighted by atomic mass is 19.1. The number of hydrogen-bond donors (Lipinski definition) is 0. The molecule has 4 heterocycles. The van der Waals surface area contributed by atoms with E-state index in [1.54, 1.807) is 32.5 Å². The van der Waals surface area contributed by atoms with E-state index in [2.05, 4.69) is 25.3 Å². The molecule has 0 atom stereocenters. The zero-order valence-corrected chi connectivity index (χ0v) is 18.3. The molecule has 0 radical (unpaired) electrons. The molecular formula is C23H18FN7O3. The Labute approximate surface area is 192 Å². The molecular weight excluding hydrogens is 441 g/mol. The minimum absolute atomic E-state index is 0.142. The Kier molecular flexibility index (Phi) is 4.61. The quantitative estimate of drug-likeness (QED) is 0.385. The zero-order valence-electron chi connectivity index (χ0n) is 18.3. The molecule has 0 amide bonds. The monoisotopic (exact) mass is 459 g/mol. The van der Waals surface area contributed by atoms with Gasteiger partial charge in [-0.3, -0.25) is 4.57 Å². The van der Waals surface area contributed by atoms with Gasteiger partial charge in [-0.25, -0.2) is 9.37 Å². The van der Waals surface area contributed by atoms with Gasteiger partial charge in [0.05, 0.1) is 25.0 Å². The van der Waals surface area contributed by atoms with Crippen molar-refractivity contribution in [2.45, 2.75) is 20.1 Å². The van der Waals surface area contributed by atoms with Crippen LogP contribution in [0.25, 0.3) is 28.6 Å². The summed E-state index contributed by atoms with van der Waals surface area (Å²) in [7, 11) is 1.62. The second-order valence-electron chi connectivity index (χ2n) is 7.70. The first-order valence-electron chi connectivity index (χ1n) is 10.5. The minimum atomic E-state index is -0.327. The summed E-state index contributed by atoms with van der Waals surface area (Å²) in [5.41, 5.74) is 3.14. The van der Waals surface area contributed by atoms with Crippen LogP contribution in [0.15, 0.2) is 53.3 Å². The summed E-state index contributed by atoms with van der Waals surface area (Å²) >= 11 is 0. The van der Waals surface area contributed by atoms with Crippen molar-refractivity contribution in [1.82, 2.24) is 34.5 Å². The molecule has 1 aliphatic heterocycles. The van der Waals surface area contributed by atoms with Gasteiger partial charge in [-0.1, -0.05) is 5.16 Å². The molecule has 0 fully saturated rings. The van der Waals surface area contributed by atoms with Gasteiger partial charge in [0.2, 0.25) is 11.7 Å². The number of aromatic nitrogens is 7. The highest BCUT2D eigenvalue weighted by Crippen LogP contribution is 2.36. The molecule has 0 saturated carbocycles. The van der Waals surface area contributed by atoms with Crippen LogP contribution >= 0.6 is 0 Å². The number of aryl methyl sites for hydroxylation is 1. The van der Waals surface area contributed by atoms with E-state index in [4.69, 9.17) is 14.0 Å². The average Bonchev–Trinajstić information content (AvgIpc) is 3.55. The Morgan fingerprint density at radius 3 is 2.68 bits per heavy atom. The maximum atomic E-state index is 13.2. The van der Waals surface area contributed by atoms with E-state index >= 15 is 0 Å². The predicted molar refractivity (Wildman–Crippen MR) is 117 cm³/mol. The number of fused-ring (bicyclic) bond motifs is 5. The number of methoxy groups -OCH3 is 1. The van der Waals surface area contributed by atoms with E-state index in [9.17, 15) is 4.39 Å². The highest BCUT2D eigenvalue weighted by molar-refractivity contribution is 5.72. The minimum Gasteiger partial charge on any atom is -0.497 e. The van der Waals surface area contributed by atoms with Crippen molar-refractivity contribution in [3.05, 3.63) is 72.0 Å². The number of ether oxygens (including phenoxy) is 2. The van der Waals surface area contributed by atoms with Crippen LogP contribution in [-0.2, 0) is 13.2 Å². The van der Waals surface area contributed by atoms with Crippen LogP contribution in [0, 0.1) is 12.7 Å². The largest absolute Gasteiger partial charge is 0.497 e. The molecule has 6 rings (SSSR count). The van der Waals surface area contributed by atoms with E-state index < -0.39 is 0 Å². The summed E-state index contributed by atoms with van der Waals surface area (Å²) in [6, 6.07) is 11.6. The maximum absolute atomic E-state index is 13.2. The second kappa shape index (κ2) is 7.80. The van der Waals surface area contributed by atoms with Crippen LogP contribution in [0.4, 0.5) is 4.39 Å². The molecule has 170 valence electrons. The fourth-order valence-electron chi connectivity index (χ4n) is 3.98. The Bertz CT molecular complexity index is 1500. The maximum Gasteiger partial charge on any atom is 0.223 e. The van der Waals surface area contributed by atoms with Crippen molar-refractivity contribution in [3.63, 3.8) is 0 Å². The molecule has 1 aliphatic rings. The normalized spacial score (nSPS) is 12.0. The number of rotatable bonds is 5. The van der Waals surface area contributed by atoms with Crippen molar-refractivity contribution in [2.24, 2.45) is 0 Å². The van der Waals surface area contributed by atoms with Gasteiger partial charge >= 0.3 is 0 Å². The molecule has 3 aromatic heterocycles. The van der Waals surface area contributed by atoms with Gasteiger partial charge < -0.3 is 18.6 Å². The topological polar surface area (TPSA) is 106 Å². The number of halogens is 1. The molecule has 2 aromatic carbocycles. The number of benzene rings is 2. The second-order valence-corrected chi connectivity index (χ2v) is 7.70.